The number of furan rings is 1. The third-order valence-corrected chi connectivity index (χ3v) is 7.43. The summed E-state index contributed by atoms with van der Waals surface area (Å²) in [4.78, 5) is 13.7. The Hall–Kier alpha value is -3.53. The molecule has 1 saturated carbocycles. The number of fused-ring (bicyclic) bond motifs is 3. The molecule has 0 bridgehead atoms. The van der Waals surface area contributed by atoms with Gasteiger partial charge in [-0.1, -0.05) is 38.7 Å². The lowest BCUT2D eigenvalue weighted by Gasteiger charge is -2.15. The maximum absolute atomic E-state index is 6.46. The highest BCUT2D eigenvalue weighted by molar-refractivity contribution is 6.10. The second kappa shape index (κ2) is 8.68. The van der Waals surface area contributed by atoms with Crippen molar-refractivity contribution in [1.82, 2.24) is 15.0 Å². The standard InChI is InChI=1S/C30H29N3O/c1-19-7-8-26-28-24(20(2)23-12-14-31-15-13-23)9-10-25(29(28)34-30(26)33-19)27-18-22(11-16-32-27)17-21-5-3-4-6-21/h7-16,18,20-21H,3-6,17H2,1-2H3. The van der Waals surface area contributed by atoms with Crippen molar-refractivity contribution in [3.63, 3.8) is 0 Å². The molecule has 0 amide bonds. The summed E-state index contributed by atoms with van der Waals surface area (Å²) < 4.78 is 6.46. The first-order valence-corrected chi connectivity index (χ1v) is 12.4. The lowest BCUT2D eigenvalue weighted by molar-refractivity contribution is 0.546. The van der Waals surface area contributed by atoms with Gasteiger partial charge in [0.1, 0.15) is 5.58 Å². The number of benzene rings is 1. The van der Waals surface area contributed by atoms with Crippen molar-refractivity contribution in [1.29, 1.82) is 0 Å². The minimum atomic E-state index is 0.198. The molecular weight excluding hydrogens is 418 g/mol. The number of hydrogen-bond donors (Lipinski definition) is 0. The fourth-order valence-electron chi connectivity index (χ4n) is 5.57. The molecule has 0 spiro atoms. The minimum absolute atomic E-state index is 0.198. The normalized spacial score (nSPS) is 15.4. The van der Waals surface area contributed by atoms with Gasteiger partial charge >= 0.3 is 0 Å². The van der Waals surface area contributed by atoms with E-state index < -0.39 is 0 Å². The fraction of sp³-hybridized carbons (Fsp3) is 0.300. The van der Waals surface area contributed by atoms with Crippen LogP contribution in [0.15, 0.2) is 71.5 Å². The zero-order valence-electron chi connectivity index (χ0n) is 19.8. The molecule has 4 aromatic heterocycles. The SMILES string of the molecule is Cc1ccc2c(n1)oc1c(-c3cc(CC4CCCC4)ccn3)ccc(C(C)c3ccncc3)c12. The summed E-state index contributed by atoms with van der Waals surface area (Å²) >= 11 is 0. The van der Waals surface area contributed by atoms with Gasteiger partial charge in [0.05, 0.1) is 5.69 Å². The van der Waals surface area contributed by atoms with Gasteiger partial charge in [-0.25, -0.2) is 4.98 Å². The van der Waals surface area contributed by atoms with Crippen LogP contribution < -0.4 is 0 Å². The molecule has 6 rings (SSSR count). The molecule has 5 aromatic rings. The Morgan fingerprint density at radius 1 is 0.971 bits per heavy atom. The van der Waals surface area contributed by atoms with Crippen molar-refractivity contribution >= 4 is 22.1 Å². The van der Waals surface area contributed by atoms with Gasteiger partial charge in [-0.05, 0) is 78.4 Å². The van der Waals surface area contributed by atoms with Crippen LogP contribution in [-0.4, -0.2) is 15.0 Å². The summed E-state index contributed by atoms with van der Waals surface area (Å²) in [5, 5.41) is 2.19. The molecule has 0 aliphatic heterocycles. The zero-order valence-corrected chi connectivity index (χ0v) is 19.8. The van der Waals surface area contributed by atoms with Crippen LogP contribution in [0.5, 0.6) is 0 Å². The molecule has 0 radical (unpaired) electrons. The molecule has 1 atom stereocenters. The summed E-state index contributed by atoms with van der Waals surface area (Å²) in [7, 11) is 0. The van der Waals surface area contributed by atoms with E-state index in [-0.39, 0.29) is 5.92 Å². The molecule has 170 valence electrons. The van der Waals surface area contributed by atoms with Crippen LogP contribution >= 0.6 is 0 Å². The third-order valence-electron chi connectivity index (χ3n) is 7.43. The van der Waals surface area contributed by atoms with E-state index in [4.69, 9.17) is 14.4 Å². The summed E-state index contributed by atoms with van der Waals surface area (Å²) in [6, 6.07) is 17.2. The maximum Gasteiger partial charge on any atom is 0.227 e. The van der Waals surface area contributed by atoms with Crippen LogP contribution in [-0.2, 0) is 6.42 Å². The predicted octanol–water partition coefficient (Wildman–Crippen LogP) is 7.63. The number of aromatic nitrogens is 3. The van der Waals surface area contributed by atoms with Crippen molar-refractivity contribution in [3.05, 3.63) is 89.5 Å². The van der Waals surface area contributed by atoms with E-state index in [0.717, 1.165) is 45.6 Å². The van der Waals surface area contributed by atoms with Crippen molar-refractivity contribution in [2.75, 3.05) is 0 Å². The lowest BCUT2D eigenvalue weighted by atomic mass is 9.89. The molecular formula is C30H29N3O. The van der Waals surface area contributed by atoms with Crippen molar-refractivity contribution in [2.24, 2.45) is 5.92 Å². The van der Waals surface area contributed by atoms with Crippen LogP contribution in [0.3, 0.4) is 0 Å². The monoisotopic (exact) mass is 447 g/mol. The number of nitrogens with zero attached hydrogens (tertiary/aromatic N) is 3. The number of rotatable bonds is 5. The first-order chi connectivity index (χ1) is 16.7. The number of pyridine rings is 3. The molecule has 0 saturated heterocycles. The second-order valence-electron chi connectivity index (χ2n) is 9.72. The van der Waals surface area contributed by atoms with Crippen molar-refractivity contribution < 1.29 is 4.42 Å². The van der Waals surface area contributed by atoms with Gasteiger partial charge in [-0.3, -0.25) is 9.97 Å². The Kier molecular flexibility index (Phi) is 5.37. The van der Waals surface area contributed by atoms with E-state index in [9.17, 15) is 0 Å². The molecule has 1 aliphatic rings. The Labute approximate surface area is 200 Å². The van der Waals surface area contributed by atoms with E-state index in [1.165, 1.54) is 42.4 Å². The third kappa shape index (κ3) is 3.77. The minimum Gasteiger partial charge on any atom is -0.437 e. The van der Waals surface area contributed by atoms with E-state index in [1.54, 1.807) is 0 Å². The topological polar surface area (TPSA) is 51.8 Å². The summed E-state index contributed by atoms with van der Waals surface area (Å²) in [5.41, 5.74) is 8.35. The molecule has 4 heteroatoms. The first kappa shape index (κ1) is 21.0. The number of hydrogen-bond acceptors (Lipinski definition) is 4. The molecule has 0 N–H and O–H groups in total. The Morgan fingerprint density at radius 2 is 1.79 bits per heavy atom. The Morgan fingerprint density at radius 3 is 2.62 bits per heavy atom. The van der Waals surface area contributed by atoms with E-state index >= 15 is 0 Å². The average Bonchev–Trinajstić information content (AvgIpc) is 3.51. The molecule has 1 unspecified atom stereocenters. The predicted molar refractivity (Wildman–Crippen MR) is 137 cm³/mol. The molecule has 1 fully saturated rings. The van der Waals surface area contributed by atoms with Crippen LogP contribution in [0.25, 0.3) is 33.3 Å². The summed E-state index contributed by atoms with van der Waals surface area (Å²) in [6.45, 7) is 4.24. The van der Waals surface area contributed by atoms with Gasteiger partial charge in [-0.15, -0.1) is 0 Å². The van der Waals surface area contributed by atoms with Crippen LogP contribution in [0.2, 0.25) is 0 Å². The zero-order chi connectivity index (χ0) is 23.1. The highest BCUT2D eigenvalue weighted by Gasteiger charge is 2.22. The molecule has 4 nitrogen and oxygen atoms in total. The van der Waals surface area contributed by atoms with Crippen LogP contribution in [0.1, 0.15) is 60.9 Å². The fourth-order valence-corrected chi connectivity index (χ4v) is 5.57. The molecule has 34 heavy (non-hydrogen) atoms. The maximum atomic E-state index is 6.46. The molecule has 1 aromatic carbocycles. The van der Waals surface area contributed by atoms with Gasteiger partial charge in [0, 0.05) is 46.5 Å². The highest BCUT2D eigenvalue weighted by atomic mass is 16.3. The Balaban J connectivity index is 1.52. The molecule has 4 heterocycles. The largest absolute Gasteiger partial charge is 0.437 e. The van der Waals surface area contributed by atoms with Gasteiger partial charge < -0.3 is 4.42 Å². The number of aryl methyl sites for hydroxylation is 1. The van der Waals surface area contributed by atoms with E-state index in [0.29, 0.717) is 5.71 Å². The summed E-state index contributed by atoms with van der Waals surface area (Å²) in [6.07, 6.45) is 12.2. The van der Waals surface area contributed by atoms with Gasteiger partial charge in [-0.2, -0.15) is 0 Å². The smallest absolute Gasteiger partial charge is 0.227 e. The Bertz CT molecular complexity index is 1470. The quantitative estimate of drug-likeness (QED) is 0.278. The summed E-state index contributed by atoms with van der Waals surface area (Å²) in [5.74, 6) is 1.00. The van der Waals surface area contributed by atoms with Gasteiger partial charge in [0.2, 0.25) is 5.71 Å². The van der Waals surface area contributed by atoms with Crippen LogP contribution in [0, 0.1) is 12.8 Å². The lowest BCUT2D eigenvalue weighted by Crippen LogP contribution is -2.00. The average molecular weight is 448 g/mol. The molecule has 1 aliphatic carbocycles. The van der Waals surface area contributed by atoms with E-state index in [2.05, 4.69) is 60.4 Å². The van der Waals surface area contributed by atoms with Crippen molar-refractivity contribution in [2.45, 2.75) is 51.9 Å². The second-order valence-corrected chi connectivity index (χ2v) is 9.72. The van der Waals surface area contributed by atoms with Gasteiger partial charge in [0.15, 0.2) is 0 Å². The van der Waals surface area contributed by atoms with Crippen LogP contribution in [0.4, 0.5) is 0 Å². The van der Waals surface area contributed by atoms with E-state index in [1.807, 2.05) is 25.5 Å². The van der Waals surface area contributed by atoms with Crippen molar-refractivity contribution in [3.8, 4) is 11.3 Å². The van der Waals surface area contributed by atoms with Gasteiger partial charge in [0.25, 0.3) is 0 Å². The highest BCUT2D eigenvalue weighted by Crippen LogP contribution is 2.41. The first-order valence-electron chi connectivity index (χ1n) is 12.4.